The van der Waals surface area contributed by atoms with Gasteiger partial charge in [0.05, 0.1) is 12.7 Å². The lowest BCUT2D eigenvalue weighted by Gasteiger charge is -2.06. The first kappa shape index (κ1) is 12.9. The summed E-state index contributed by atoms with van der Waals surface area (Å²) in [5, 5.41) is 0. The minimum atomic E-state index is -0.379. The molecule has 0 aromatic heterocycles. The van der Waals surface area contributed by atoms with Gasteiger partial charge < -0.3 is 10.5 Å². The van der Waals surface area contributed by atoms with Crippen molar-refractivity contribution in [1.82, 2.24) is 0 Å². The fourth-order valence-corrected chi connectivity index (χ4v) is 2.28. The summed E-state index contributed by atoms with van der Waals surface area (Å²) < 4.78 is 4.67. The SMILES string of the molecule is CCCCSc1ccc(N)c(C(=O)OC)c1. The Labute approximate surface area is 100 Å². The number of thioether (sulfide) groups is 1. The van der Waals surface area contributed by atoms with Gasteiger partial charge in [-0.15, -0.1) is 11.8 Å². The molecule has 0 radical (unpaired) electrons. The number of rotatable bonds is 5. The number of benzene rings is 1. The van der Waals surface area contributed by atoms with E-state index in [1.54, 1.807) is 23.9 Å². The molecule has 4 heteroatoms. The van der Waals surface area contributed by atoms with Gasteiger partial charge in [0.25, 0.3) is 0 Å². The maximum atomic E-state index is 11.4. The minimum absolute atomic E-state index is 0.379. The summed E-state index contributed by atoms with van der Waals surface area (Å²) in [5.41, 5.74) is 6.62. The molecule has 88 valence electrons. The van der Waals surface area contributed by atoms with Crippen molar-refractivity contribution in [3.05, 3.63) is 23.8 Å². The number of nitrogen functional groups attached to an aromatic ring is 1. The summed E-state index contributed by atoms with van der Waals surface area (Å²) in [4.78, 5) is 12.5. The Morgan fingerprint density at radius 1 is 1.50 bits per heavy atom. The number of unbranched alkanes of at least 4 members (excludes halogenated alkanes) is 1. The number of hydrogen-bond acceptors (Lipinski definition) is 4. The van der Waals surface area contributed by atoms with E-state index in [1.165, 1.54) is 20.0 Å². The lowest BCUT2D eigenvalue weighted by atomic mass is 10.2. The van der Waals surface area contributed by atoms with Crippen LogP contribution in [0.3, 0.4) is 0 Å². The monoisotopic (exact) mass is 239 g/mol. The molecule has 0 spiro atoms. The molecular formula is C12H17NO2S. The average Bonchev–Trinajstić information content (AvgIpc) is 2.30. The van der Waals surface area contributed by atoms with Gasteiger partial charge in [0.15, 0.2) is 0 Å². The fraction of sp³-hybridized carbons (Fsp3) is 0.417. The number of ether oxygens (including phenoxy) is 1. The fourth-order valence-electron chi connectivity index (χ4n) is 1.25. The molecule has 1 aromatic carbocycles. The van der Waals surface area contributed by atoms with Crippen LogP contribution < -0.4 is 5.73 Å². The summed E-state index contributed by atoms with van der Waals surface area (Å²) in [5.74, 6) is 0.677. The van der Waals surface area contributed by atoms with E-state index in [4.69, 9.17) is 5.73 Å². The quantitative estimate of drug-likeness (QED) is 0.371. The van der Waals surface area contributed by atoms with Crippen molar-refractivity contribution >= 4 is 23.4 Å². The Bertz CT molecular complexity index is 366. The van der Waals surface area contributed by atoms with E-state index < -0.39 is 0 Å². The zero-order valence-corrected chi connectivity index (χ0v) is 10.5. The predicted octanol–water partition coefficient (Wildman–Crippen LogP) is 2.95. The highest BCUT2D eigenvalue weighted by Gasteiger charge is 2.10. The van der Waals surface area contributed by atoms with E-state index in [9.17, 15) is 4.79 Å². The van der Waals surface area contributed by atoms with Crippen LogP contribution >= 0.6 is 11.8 Å². The predicted molar refractivity (Wildman–Crippen MR) is 67.8 cm³/mol. The molecule has 0 amide bonds. The maximum absolute atomic E-state index is 11.4. The third kappa shape index (κ3) is 3.45. The van der Waals surface area contributed by atoms with Crippen molar-refractivity contribution in [2.75, 3.05) is 18.6 Å². The van der Waals surface area contributed by atoms with Crippen LogP contribution in [0, 0.1) is 0 Å². The van der Waals surface area contributed by atoms with E-state index in [2.05, 4.69) is 11.7 Å². The van der Waals surface area contributed by atoms with E-state index in [0.717, 1.165) is 10.6 Å². The van der Waals surface area contributed by atoms with Crippen LogP contribution in [0.2, 0.25) is 0 Å². The zero-order valence-electron chi connectivity index (χ0n) is 9.66. The summed E-state index contributed by atoms with van der Waals surface area (Å²) in [6.45, 7) is 2.16. The second-order valence-corrected chi connectivity index (χ2v) is 4.61. The Hall–Kier alpha value is -1.16. The normalized spacial score (nSPS) is 10.1. The third-order valence-electron chi connectivity index (χ3n) is 2.20. The summed E-state index contributed by atoms with van der Waals surface area (Å²) >= 11 is 1.73. The smallest absolute Gasteiger partial charge is 0.339 e. The van der Waals surface area contributed by atoms with Crippen molar-refractivity contribution in [2.24, 2.45) is 0 Å². The Balaban J connectivity index is 2.77. The molecule has 2 N–H and O–H groups in total. The molecule has 1 aromatic rings. The van der Waals surface area contributed by atoms with Crippen molar-refractivity contribution in [3.63, 3.8) is 0 Å². The Kier molecular flexibility index (Phi) is 5.19. The molecule has 3 nitrogen and oxygen atoms in total. The van der Waals surface area contributed by atoms with Crippen LogP contribution in [0.25, 0.3) is 0 Å². The van der Waals surface area contributed by atoms with Gasteiger partial charge in [-0.05, 0) is 30.4 Å². The van der Waals surface area contributed by atoms with Crippen LogP contribution in [0.1, 0.15) is 30.1 Å². The number of carbonyl (C=O) groups excluding carboxylic acids is 1. The first-order chi connectivity index (χ1) is 7.69. The topological polar surface area (TPSA) is 52.3 Å². The van der Waals surface area contributed by atoms with Crippen molar-refractivity contribution in [3.8, 4) is 0 Å². The van der Waals surface area contributed by atoms with Gasteiger partial charge in [-0.2, -0.15) is 0 Å². The Morgan fingerprint density at radius 2 is 2.25 bits per heavy atom. The largest absolute Gasteiger partial charge is 0.465 e. The molecule has 0 aliphatic heterocycles. The van der Waals surface area contributed by atoms with Gasteiger partial charge in [0.2, 0.25) is 0 Å². The number of hydrogen-bond donors (Lipinski definition) is 1. The highest BCUT2D eigenvalue weighted by molar-refractivity contribution is 7.99. The lowest BCUT2D eigenvalue weighted by molar-refractivity contribution is 0.0601. The van der Waals surface area contributed by atoms with Crippen LogP contribution in [-0.4, -0.2) is 18.8 Å². The van der Waals surface area contributed by atoms with Crippen molar-refractivity contribution in [2.45, 2.75) is 24.7 Å². The molecule has 0 aliphatic rings. The number of methoxy groups -OCH3 is 1. The molecule has 0 bridgehead atoms. The number of esters is 1. The molecule has 0 aliphatic carbocycles. The minimum Gasteiger partial charge on any atom is -0.465 e. The average molecular weight is 239 g/mol. The van der Waals surface area contributed by atoms with Crippen molar-refractivity contribution < 1.29 is 9.53 Å². The highest BCUT2D eigenvalue weighted by Crippen LogP contribution is 2.24. The van der Waals surface area contributed by atoms with Crippen LogP contribution in [-0.2, 0) is 4.74 Å². The standard InChI is InChI=1S/C12H17NO2S/c1-3-4-7-16-9-5-6-11(13)10(8-9)12(14)15-2/h5-6,8H,3-4,7,13H2,1-2H3. The first-order valence-corrected chi connectivity index (χ1v) is 6.28. The zero-order chi connectivity index (χ0) is 12.0. The third-order valence-corrected chi connectivity index (χ3v) is 3.28. The van der Waals surface area contributed by atoms with Gasteiger partial charge in [0, 0.05) is 10.6 Å². The van der Waals surface area contributed by atoms with Gasteiger partial charge in [-0.25, -0.2) is 4.79 Å². The second-order valence-electron chi connectivity index (χ2n) is 3.44. The molecule has 0 fully saturated rings. The molecule has 0 atom stereocenters. The molecule has 16 heavy (non-hydrogen) atoms. The van der Waals surface area contributed by atoms with Crippen LogP contribution in [0.4, 0.5) is 5.69 Å². The molecule has 0 heterocycles. The lowest BCUT2D eigenvalue weighted by Crippen LogP contribution is -2.05. The van der Waals surface area contributed by atoms with Gasteiger partial charge >= 0.3 is 5.97 Å². The summed E-state index contributed by atoms with van der Waals surface area (Å²) in [6, 6.07) is 5.48. The highest BCUT2D eigenvalue weighted by atomic mass is 32.2. The molecule has 0 saturated heterocycles. The van der Waals surface area contributed by atoms with Crippen LogP contribution in [0.15, 0.2) is 23.1 Å². The summed E-state index contributed by atoms with van der Waals surface area (Å²) in [7, 11) is 1.36. The number of nitrogens with two attached hydrogens (primary N) is 1. The van der Waals surface area contributed by atoms with Crippen molar-refractivity contribution in [1.29, 1.82) is 0 Å². The van der Waals surface area contributed by atoms with E-state index in [-0.39, 0.29) is 5.97 Å². The number of carbonyl (C=O) groups is 1. The van der Waals surface area contributed by atoms with E-state index >= 15 is 0 Å². The van der Waals surface area contributed by atoms with Gasteiger partial charge in [-0.3, -0.25) is 0 Å². The van der Waals surface area contributed by atoms with E-state index in [1.807, 2.05) is 6.07 Å². The van der Waals surface area contributed by atoms with Crippen LogP contribution in [0.5, 0.6) is 0 Å². The Morgan fingerprint density at radius 3 is 2.88 bits per heavy atom. The molecule has 1 rings (SSSR count). The van der Waals surface area contributed by atoms with E-state index in [0.29, 0.717) is 11.3 Å². The molecular weight excluding hydrogens is 222 g/mol. The molecule has 0 saturated carbocycles. The summed E-state index contributed by atoms with van der Waals surface area (Å²) in [6.07, 6.45) is 2.34. The first-order valence-electron chi connectivity index (χ1n) is 5.29. The second kappa shape index (κ2) is 6.43. The van der Waals surface area contributed by atoms with Gasteiger partial charge in [0.1, 0.15) is 0 Å². The van der Waals surface area contributed by atoms with Gasteiger partial charge in [-0.1, -0.05) is 13.3 Å². The molecule has 0 unspecified atom stereocenters. The maximum Gasteiger partial charge on any atom is 0.339 e. The number of anilines is 1.